The minimum Gasteiger partial charge on any atom is -0.339 e. The first-order valence-corrected chi connectivity index (χ1v) is 7.64. The second kappa shape index (κ2) is 6.95. The van der Waals surface area contributed by atoms with Crippen LogP contribution < -0.4 is 21.3 Å². The number of rotatable bonds is 5. The summed E-state index contributed by atoms with van der Waals surface area (Å²) in [5.41, 5.74) is 1.53. The lowest BCUT2D eigenvalue weighted by Gasteiger charge is -2.08. The maximum absolute atomic E-state index is 11.6. The lowest BCUT2D eigenvalue weighted by molar-refractivity contribution is -0.114. The lowest BCUT2D eigenvalue weighted by atomic mass is 10.2. The Morgan fingerprint density at radius 2 is 1.54 bits per heavy atom. The molecule has 124 valence electrons. The van der Waals surface area contributed by atoms with Gasteiger partial charge in [0.25, 0.3) is 0 Å². The van der Waals surface area contributed by atoms with E-state index in [1.807, 2.05) is 12.1 Å². The van der Waals surface area contributed by atoms with Crippen molar-refractivity contribution in [3.63, 3.8) is 0 Å². The molecule has 1 heterocycles. The van der Waals surface area contributed by atoms with Gasteiger partial charge in [-0.1, -0.05) is 0 Å². The molecule has 1 fully saturated rings. The number of nitrogens with zero attached hydrogens (tertiary/aromatic N) is 2. The van der Waals surface area contributed by atoms with E-state index in [0.29, 0.717) is 17.7 Å². The van der Waals surface area contributed by atoms with Gasteiger partial charge >= 0.3 is 6.03 Å². The maximum atomic E-state index is 11.6. The number of anilines is 4. The van der Waals surface area contributed by atoms with Gasteiger partial charge in [-0.05, 0) is 49.2 Å². The number of carbonyl (C=O) groups is 2. The number of hydrogen-bond acceptors (Lipinski definition) is 5. The first-order chi connectivity index (χ1) is 11.6. The molecule has 0 spiro atoms. The Morgan fingerprint density at radius 3 is 2.12 bits per heavy atom. The van der Waals surface area contributed by atoms with Gasteiger partial charge in [-0.2, -0.15) is 0 Å². The average molecular weight is 326 g/mol. The molecule has 8 nitrogen and oxygen atoms in total. The summed E-state index contributed by atoms with van der Waals surface area (Å²) in [4.78, 5) is 22.6. The fraction of sp³-hybridized carbons (Fsp3) is 0.250. The Bertz CT molecular complexity index is 725. The first kappa shape index (κ1) is 15.7. The van der Waals surface area contributed by atoms with E-state index < -0.39 is 0 Å². The number of aromatic nitrogens is 2. The van der Waals surface area contributed by atoms with Crippen LogP contribution in [0.2, 0.25) is 0 Å². The van der Waals surface area contributed by atoms with Crippen molar-refractivity contribution >= 4 is 34.9 Å². The quantitative estimate of drug-likeness (QED) is 0.675. The predicted octanol–water partition coefficient (Wildman–Crippen LogP) is 2.46. The fourth-order valence-corrected chi connectivity index (χ4v) is 2.02. The van der Waals surface area contributed by atoms with Crippen LogP contribution in [0.25, 0.3) is 0 Å². The SMILES string of the molecule is CC(=O)Nc1ccc(Nc2ccc(NC(=O)NC3CC3)nn2)cc1. The van der Waals surface area contributed by atoms with Gasteiger partial charge in [-0.25, -0.2) is 4.79 Å². The number of benzene rings is 1. The van der Waals surface area contributed by atoms with Crippen LogP contribution in [0.5, 0.6) is 0 Å². The molecular formula is C16H18N6O2. The largest absolute Gasteiger partial charge is 0.339 e. The van der Waals surface area contributed by atoms with Gasteiger partial charge in [0.2, 0.25) is 5.91 Å². The molecule has 1 aliphatic carbocycles. The van der Waals surface area contributed by atoms with Crippen LogP contribution in [0.3, 0.4) is 0 Å². The van der Waals surface area contributed by atoms with Gasteiger partial charge in [0.15, 0.2) is 11.6 Å². The van der Waals surface area contributed by atoms with Crippen molar-refractivity contribution in [2.45, 2.75) is 25.8 Å². The smallest absolute Gasteiger partial charge is 0.320 e. The van der Waals surface area contributed by atoms with Crippen molar-refractivity contribution < 1.29 is 9.59 Å². The van der Waals surface area contributed by atoms with Crippen molar-refractivity contribution in [2.75, 3.05) is 16.0 Å². The van der Waals surface area contributed by atoms with Crippen LogP contribution in [0.4, 0.5) is 27.8 Å². The summed E-state index contributed by atoms with van der Waals surface area (Å²) in [6.45, 7) is 1.46. The van der Waals surface area contributed by atoms with E-state index in [4.69, 9.17) is 0 Å². The third-order valence-corrected chi connectivity index (χ3v) is 3.30. The molecule has 0 unspecified atom stereocenters. The Labute approximate surface area is 139 Å². The minimum absolute atomic E-state index is 0.115. The molecule has 0 radical (unpaired) electrons. The molecule has 0 saturated heterocycles. The highest BCUT2D eigenvalue weighted by molar-refractivity contribution is 5.89. The van der Waals surface area contributed by atoms with Gasteiger partial charge in [0.1, 0.15) is 0 Å². The molecule has 3 amide bonds. The molecule has 24 heavy (non-hydrogen) atoms. The Balaban J connectivity index is 1.55. The van der Waals surface area contributed by atoms with Crippen LogP contribution in [0, 0.1) is 0 Å². The van der Waals surface area contributed by atoms with Crippen molar-refractivity contribution in [1.82, 2.24) is 15.5 Å². The number of hydrogen-bond donors (Lipinski definition) is 4. The van der Waals surface area contributed by atoms with Gasteiger partial charge < -0.3 is 16.0 Å². The van der Waals surface area contributed by atoms with Crippen LogP contribution in [0.1, 0.15) is 19.8 Å². The lowest BCUT2D eigenvalue weighted by Crippen LogP contribution is -2.30. The van der Waals surface area contributed by atoms with Crippen LogP contribution in [-0.2, 0) is 4.79 Å². The molecule has 0 aliphatic heterocycles. The summed E-state index contributed by atoms with van der Waals surface area (Å²) < 4.78 is 0. The Kier molecular flexibility index (Phi) is 4.55. The van der Waals surface area contributed by atoms with Crippen molar-refractivity contribution in [1.29, 1.82) is 0 Å². The molecule has 1 aromatic heterocycles. The van der Waals surface area contributed by atoms with E-state index >= 15 is 0 Å². The minimum atomic E-state index is -0.263. The van der Waals surface area contributed by atoms with E-state index in [1.165, 1.54) is 6.92 Å². The number of amides is 3. The second-order valence-corrected chi connectivity index (χ2v) is 5.56. The van der Waals surface area contributed by atoms with Crippen molar-refractivity contribution in [3.8, 4) is 0 Å². The highest BCUT2D eigenvalue weighted by atomic mass is 16.2. The molecule has 3 rings (SSSR count). The summed E-state index contributed by atoms with van der Waals surface area (Å²) >= 11 is 0. The summed E-state index contributed by atoms with van der Waals surface area (Å²) in [5, 5.41) is 19.2. The Morgan fingerprint density at radius 1 is 0.917 bits per heavy atom. The molecule has 0 bridgehead atoms. The summed E-state index contributed by atoms with van der Waals surface area (Å²) in [7, 11) is 0. The molecular weight excluding hydrogens is 308 g/mol. The van der Waals surface area contributed by atoms with Gasteiger partial charge in [0.05, 0.1) is 0 Å². The van der Waals surface area contributed by atoms with Crippen molar-refractivity contribution in [2.24, 2.45) is 0 Å². The third-order valence-electron chi connectivity index (χ3n) is 3.30. The zero-order valence-electron chi connectivity index (χ0n) is 13.2. The van der Waals surface area contributed by atoms with Crippen LogP contribution in [-0.4, -0.2) is 28.2 Å². The molecule has 1 aromatic carbocycles. The molecule has 8 heteroatoms. The fourth-order valence-electron chi connectivity index (χ4n) is 2.02. The number of urea groups is 1. The third kappa shape index (κ3) is 4.67. The highest BCUT2D eigenvalue weighted by Crippen LogP contribution is 2.19. The maximum Gasteiger partial charge on any atom is 0.320 e. The molecule has 2 aromatic rings. The molecule has 1 saturated carbocycles. The first-order valence-electron chi connectivity index (χ1n) is 7.64. The zero-order valence-corrected chi connectivity index (χ0v) is 13.2. The van der Waals surface area contributed by atoms with E-state index in [9.17, 15) is 9.59 Å². The van der Waals surface area contributed by atoms with Crippen LogP contribution in [0.15, 0.2) is 36.4 Å². The number of nitrogens with one attached hydrogen (secondary N) is 4. The molecule has 1 aliphatic rings. The standard InChI is InChI=1S/C16H18N6O2/c1-10(23)17-11-2-4-12(5-3-11)18-14-8-9-15(22-21-14)20-16(24)19-13-6-7-13/h2-5,8-9,13H,6-7H2,1H3,(H,17,23)(H,18,21)(H2,19,20,22,24). The Hall–Kier alpha value is -3.16. The predicted molar refractivity (Wildman–Crippen MR) is 91.2 cm³/mol. The van der Waals surface area contributed by atoms with E-state index in [1.54, 1.807) is 24.3 Å². The summed E-state index contributed by atoms with van der Waals surface area (Å²) in [6, 6.07) is 10.6. The summed E-state index contributed by atoms with van der Waals surface area (Å²) in [6.07, 6.45) is 2.06. The molecule has 0 atom stereocenters. The summed E-state index contributed by atoms with van der Waals surface area (Å²) in [5.74, 6) is 0.825. The topological polar surface area (TPSA) is 108 Å². The molecule has 4 N–H and O–H groups in total. The zero-order chi connectivity index (χ0) is 16.9. The van der Waals surface area contributed by atoms with E-state index in [0.717, 1.165) is 24.2 Å². The number of carbonyl (C=O) groups excluding carboxylic acids is 2. The van der Waals surface area contributed by atoms with E-state index in [-0.39, 0.29) is 11.9 Å². The van der Waals surface area contributed by atoms with E-state index in [2.05, 4.69) is 31.5 Å². The van der Waals surface area contributed by atoms with Gasteiger partial charge in [0, 0.05) is 24.3 Å². The second-order valence-electron chi connectivity index (χ2n) is 5.56. The average Bonchev–Trinajstić information content (AvgIpc) is 3.34. The van der Waals surface area contributed by atoms with Crippen LogP contribution >= 0.6 is 0 Å². The van der Waals surface area contributed by atoms with Gasteiger partial charge in [-0.15, -0.1) is 10.2 Å². The normalized spacial score (nSPS) is 13.0. The van der Waals surface area contributed by atoms with Gasteiger partial charge in [-0.3, -0.25) is 10.1 Å². The monoisotopic (exact) mass is 326 g/mol. The van der Waals surface area contributed by atoms with Crippen molar-refractivity contribution in [3.05, 3.63) is 36.4 Å². The highest BCUT2D eigenvalue weighted by Gasteiger charge is 2.23.